The quantitative estimate of drug-likeness (QED) is 0.595. The maximum atomic E-state index is 10.4. The molecule has 4 nitrogen and oxygen atoms in total. The Morgan fingerprint density at radius 3 is 2.33 bits per heavy atom. The molecule has 3 aromatic rings. The van der Waals surface area contributed by atoms with Gasteiger partial charge in [-0.1, -0.05) is 66.7 Å². The van der Waals surface area contributed by atoms with Gasteiger partial charge in [-0.3, -0.25) is 0 Å². The minimum atomic E-state index is -0.200. The van der Waals surface area contributed by atoms with Crippen LogP contribution in [0.5, 0.6) is 11.5 Å². The van der Waals surface area contributed by atoms with Crippen molar-refractivity contribution in [3.05, 3.63) is 95.1 Å². The molecular weight excluding hydrogens is 338 g/mol. The van der Waals surface area contributed by atoms with Crippen molar-refractivity contribution in [2.24, 2.45) is 0 Å². The van der Waals surface area contributed by atoms with E-state index in [-0.39, 0.29) is 23.7 Å². The first kappa shape index (κ1) is 17.6. The summed E-state index contributed by atoms with van der Waals surface area (Å²) in [6.45, 7) is 1.37. The zero-order chi connectivity index (χ0) is 18.6. The summed E-state index contributed by atoms with van der Waals surface area (Å²) in [4.78, 5) is 0. The second-order valence-electron chi connectivity index (χ2n) is 6.85. The normalized spacial score (nSPS) is 18.8. The van der Waals surface area contributed by atoms with Gasteiger partial charge in [-0.25, -0.2) is 0 Å². The van der Waals surface area contributed by atoms with Crippen molar-refractivity contribution in [2.45, 2.75) is 25.2 Å². The Balaban J connectivity index is 1.57. The minimum Gasteiger partial charge on any atom is -0.504 e. The van der Waals surface area contributed by atoms with Gasteiger partial charge in [-0.15, -0.1) is 0 Å². The summed E-state index contributed by atoms with van der Waals surface area (Å²) in [6.07, 6.45) is 0.179. The van der Waals surface area contributed by atoms with Crippen LogP contribution in [0.1, 0.15) is 34.5 Å². The number of benzene rings is 3. The first-order valence-electron chi connectivity index (χ1n) is 9.21. The van der Waals surface area contributed by atoms with E-state index in [4.69, 9.17) is 4.74 Å². The summed E-state index contributed by atoms with van der Waals surface area (Å²) in [5, 5.41) is 23.8. The first-order chi connectivity index (χ1) is 13.2. The van der Waals surface area contributed by atoms with Crippen molar-refractivity contribution in [3.63, 3.8) is 0 Å². The fraction of sp³-hybridized carbons (Fsp3) is 0.217. The molecule has 4 rings (SSSR count). The Labute approximate surface area is 159 Å². The smallest absolute Gasteiger partial charge is 0.161 e. The highest BCUT2D eigenvalue weighted by Crippen LogP contribution is 2.43. The van der Waals surface area contributed by atoms with Crippen LogP contribution in [0.2, 0.25) is 0 Å². The van der Waals surface area contributed by atoms with Crippen LogP contribution in [0.3, 0.4) is 0 Å². The third-order valence-corrected chi connectivity index (χ3v) is 5.04. The zero-order valence-corrected chi connectivity index (χ0v) is 15.0. The van der Waals surface area contributed by atoms with Gasteiger partial charge in [0.05, 0.1) is 12.2 Å². The van der Waals surface area contributed by atoms with Crippen LogP contribution in [0.25, 0.3) is 0 Å². The van der Waals surface area contributed by atoms with Crippen LogP contribution in [0.15, 0.2) is 72.8 Å². The van der Waals surface area contributed by atoms with Gasteiger partial charge in [-0.05, 0) is 22.8 Å². The monoisotopic (exact) mass is 361 g/mol. The number of hydrogen-bond donors (Lipinski definition) is 3. The molecule has 0 unspecified atom stereocenters. The number of hydrogen-bond acceptors (Lipinski definition) is 4. The highest BCUT2D eigenvalue weighted by molar-refractivity contribution is 5.51. The molecular formula is C23H23NO3. The van der Waals surface area contributed by atoms with Gasteiger partial charge in [-0.2, -0.15) is 0 Å². The number of nitrogens with one attached hydrogen (secondary N) is 1. The van der Waals surface area contributed by atoms with Crippen LogP contribution >= 0.6 is 0 Å². The van der Waals surface area contributed by atoms with Crippen molar-refractivity contribution in [1.29, 1.82) is 0 Å². The predicted molar refractivity (Wildman–Crippen MR) is 105 cm³/mol. The van der Waals surface area contributed by atoms with E-state index in [1.807, 2.05) is 54.6 Å². The molecule has 0 aromatic heterocycles. The summed E-state index contributed by atoms with van der Waals surface area (Å²) < 4.78 is 6.38. The number of rotatable bonds is 5. The molecule has 27 heavy (non-hydrogen) atoms. The Hall–Kier alpha value is -2.82. The van der Waals surface area contributed by atoms with Crippen LogP contribution in [-0.4, -0.2) is 16.8 Å². The molecule has 1 aliphatic heterocycles. The van der Waals surface area contributed by atoms with Crippen molar-refractivity contribution in [2.75, 3.05) is 6.54 Å². The number of aromatic hydroxyl groups is 2. The van der Waals surface area contributed by atoms with E-state index in [2.05, 4.69) is 17.4 Å². The lowest BCUT2D eigenvalue weighted by molar-refractivity contribution is -0.0273. The molecule has 0 saturated heterocycles. The summed E-state index contributed by atoms with van der Waals surface area (Å²) in [5.74, 6) is -0.122. The number of phenolic OH excluding ortho intramolecular Hbond substituents is 2. The van der Waals surface area contributed by atoms with Crippen LogP contribution in [0.4, 0.5) is 0 Å². The summed E-state index contributed by atoms with van der Waals surface area (Å²) in [7, 11) is 0. The summed E-state index contributed by atoms with van der Waals surface area (Å²) in [6, 6.07) is 23.6. The molecule has 0 radical (unpaired) electrons. The van der Waals surface area contributed by atoms with Gasteiger partial charge in [0, 0.05) is 25.1 Å². The topological polar surface area (TPSA) is 61.7 Å². The zero-order valence-electron chi connectivity index (χ0n) is 15.0. The van der Waals surface area contributed by atoms with Gasteiger partial charge in [0.25, 0.3) is 0 Å². The SMILES string of the molecule is Oc1ccc2c(c1O)C[C@H](c1ccccc1)O[C@@H]2CNCc1ccccc1. The van der Waals surface area contributed by atoms with Crippen LogP contribution < -0.4 is 5.32 Å². The van der Waals surface area contributed by atoms with E-state index in [0.29, 0.717) is 13.0 Å². The maximum Gasteiger partial charge on any atom is 0.161 e. The number of fused-ring (bicyclic) bond motifs is 1. The molecule has 0 saturated carbocycles. The van der Waals surface area contributed by atoms with Crippen molar-refractivity contribution in [1.82, 2.24) is 5.32 Å². The Morgan fingerprint density at radius 2 is 1.59 bits per heavy atom. The van der Waals surface area contributed by atoms with E-state index >= 15 is 0 Å². The van der Waals surface area contributed by atoms with Crippen molar-refractivity contribution < 1.29 is 14.9 Å². The second-order valence-corrected chi connectivity index (χ2v) is 6.85. The van der Waals surface area contributed by atoms with E-state index < -0.39 is 0 Å². The molecule has 2 atom stereocenters. The van der Waals surface area contributed by atoms with E-state index in [9.17, 15) is 10.2 Å². The average molecular weight is 361 g/mol. The lowest BCUT2D eigenvalue weighted by atomic mass is 9.90. The van der Waals surface area contributed by atoms with Gasteiger partial charge in [0.2, 0.25) is 0 Å². The van der Waals surface area contributed by atoms with E-state index in [1.54, 1.807) is 0 Å². The predicted octanol–water partition coefficient (Wildman–Crippen LogP) is 4.24. The second kappa shape index (κ2) is 7.82. The van der Waals surface area contributed by atoms with Gasteiger partial charge in [0.1, 0.15) is 0 Å². The van der Waals surface area contributed by atoms with Gasteiger partial charge < -0.3 is 20.3 Å². The summed E-state index contributed by atoms with van der Waals surface area (Å²) in [5.41, 5.74) is 3.97. The van der Waals surface area contributed by atoms with Crippen LogP contribution in [0, 0.1) is 0 Å². The highest BCUT2D eigenvalue weighted by atomic mass is 16.5. The van der Waals surface area contributed by atoms with Crippen molar-refractivity contribution in [3.8, 4) is 11.5 Å². The summed E-state index contributed by atoms with van der Waals surface area (Å²) >= 11 is 0. The molecule has 4 heteroatoms. The Kier molecular flexibility index (Phi) is 5.10. The van der Waals surface area contributed by atoms with Gasteiger partial charge in [0.15, 0.2) is 11.5 Å². The molecule has 138 valence electrons. The number of phenols is 2. The molecule has 1 aliphatic rings. The lowest BCUT2D eigenvalue weighted by Crippen LogP contribution is -2.29. The molecule has 0 aliphatic carbocycles. The van der Waals surface area contributed by atoms with E-state index in [0.717, 1.165) is 23.2 Å². The molecule has 0 bridgehead atoms. The standard InChI is InChI=1S/C23H23NO3/c25-20-12-11-18-19(23(20)26)13-21(17-9-5-2-6-10-17)27-22(18)15-24-14-16-7-3-1-4-8-16/h1-12,21-22,24-26H,13-15H2/t21-,22-/m1/s1. The highest BCUT2D eigenvalue weighted by Gasteiger charge is 2.31. The lowest BCUT2D eigenvalue weighted by Gasteiger charge is -2.33. The molecule has 0 spiro atoms. The first-order valence-corrected chi connectivity index (χ1v) is 9.21. The van der Waals surface area contributed by atoms with Gasteiger partial charge >= 0.3 is 0 Å². The fourth-order valence-electron chi connectivity index (χ4n) is 3.63. The number of ether oxygens (including phenoxy) is 1. The molecule has 3 aromatic carbocycles. The molecule has 1 heterocycles. The molecule has 0 amide bonds. The molecule has 0 fully saturated rings. The third kappa shape index (κ3) is 3.82. The van der Waals surface area contributed by atoms with Crippen molar-refractivity contribution >= 4 is 0 Å². The van der Waals surface area contributed by atoms with Crippen LogP contribution in [-0.2, 0) is 17.7 Å². The average Bonchev–Trinajstić information content (AvgIpc) is 2.72. The molecule has 3 N–H and O–H groups in total. The minimum absolute atomic E-state index is 0.0372. The maximum absolute atomic E-state index is 10.4. The third-order valence-electron chi connectivity index (χ3n) is 5.04. The largest absolute Gasteiger partial charge is 0.504 e. The van der Waals surface area contributed by atoms with E-state index in [1.165, 1.54) is 11.6 Å². The Bertz CT molecular complexity index is 896. The Morgan fingerprint density at radius 1 is 0.889 bits per heavy atom. The fourth-order valence-corrected chi connectivity index (χ4v) is 3.63.